The van der Waals surface area contributed by atoms with Gasteiger partial charge in [0.25, 0.3) is 0 Å². The predicted octanol–water partition coefficient (Wildman–Crippen LogP) is 0.158. The Hall–Kier alpha value is -1.25. The van der Waals surface area contributed by atoms with Crippen LogP contribution in [0.3, 0.4) is 0 Å². The first-order valence-corrected chi connectivity index (χ1v) is 7.53. The highest BCUT2D eigenvalue weighted by molar-refractivity contribution is 7.89. The van der Waals surface area contributed by atoms with E-state index in [1.807, 2.05) is 0 Å². The zero-order valence-electron chi connectivity index (χ0n) is 9.99. The van der Waals surface area contributed by atoms with E-state index in [9.17, 15) is 13.2 Å². The normalized spacial score (nSPS) is 21.2. The summed E-state index contributed by atoms with van der Waals surface area (Å²) in [6, 6.07) is -0.811. The summed E-state index contributed by atoms with van der Waals surface area (Å²) in [6.45, 7) is 0.262. The van der Waals surface area contributed by atoms with E-state index >= 15 is 0 Å². The zero-order valence-corrected chi connectivity index (χ0v) is 11.6. The summed E-state index contributed by atoms with van der Waals surface area (Å²) in [7, 11) is -3.82. The summed E-state index contributed by atoms with van der Waals surface area (Å²) < 4.78 is 25.9. The highest BCUT2D eigenvalue weighted by Gasteiger charge is 2.36. The molecule has 7 nitrogen and oxygen atoms in total. The smallest absolute Gasteiger partial charge is 0.246 e. The monoisotopic (exact) mass is 304 g/mol. The van der Waals surface area contributed by atoms with E-state index in [2.05, 4.69) is 9.97 Å². The van der Waals surface area contributed by atoms with E-state index in [4.69, 9.17) is 17.3 Å². The first-order chi connectivity index (χ1) is 8.93. The molecule has 2 rings (SSSR count). The molecule has 1 unspecified atom stereocenters. The SMILES string of the molecule is NC(=O)C1CCCCN1S(=O)(=O)c1cnc(Cl)nc1. The zero-order chi connectivity index (χ0) is 14.0. The maximum absolute atomic E-state index is 12.4. The van der Waals surface area contributed by atoms with Crippen LogP contribution in [0.15, 0.2) is 17.3 Å². The second-order valence-corrected chi connectivity index (χ2v) is 6.45. The van der Waals surface area contributed by atoms with Crippen LogP contribution in [0.25, 0.3) is 0 Å². The number of piperidine rings is 1. The van der Waals surface area contributed by atoms with Crippen molar-refractivity contribution in [2.45, 2.75) is 30.2 Å². The number of sulfonamides is 1. The van der Waals surface area contributed by atoms with Gasteiger partial charge in [0.1, 0.15) is 10.9 Å². The van der Waals surface area contributed by atoms with Crippen molar-refractivity contribution in [1.82, 2.24) is 14.3 Å². The van der Waals surface area contributed by atoms with Crippen LogP contribution in [0.5, 0.6) is 0 Å². The molecule has 19 heavy (non-hydrogen) atoms. The fraction of sp³-hybridized carbons (Fsp3) is 0.500. The van der Waals surface area contributed by atoms with Crippen molar-refractivity contribution in [2.24, 2.45) is 5.73 Å². The predicted molar refractivity (Wildman–Crippen MR) is 67.8 cm³/mol. The Morgan fingerprint density at radius 2 is 2.00 bits per heavy atom. The Morgan fingerprint density at radius 1 is 1.37 bits per heavy atom. The number of carbonyl (C=O) groups is 1. The summed E-state index contributed by atoms with van der Waals surface area (Å²) >= 11 is 5.52. The standard InChI is InChI=1S/C10H13ClN4O3S/c11-10-13-5-7(6-14-10)19(17,18)15-4-2-1-3-8(15)9(12)16/h5-6,8H,1-4H2,(H2,12,16). The van der Waals surface area contributed by atoms with E-state index < -0.39 is 22.0 Å². The van der Waals surface area contributed by atoms with Gasteiger partial charge in [0.05, 0.1) is 12.4 Å². The molecule has 0 aliphatic carbocycles. The van der Waals surface area contributed by atoms with E-state index in [0.717, 1.165) is 23.1 Å². The number of nitrogens with two attached hydrogens (primary N) is 1. The molecule has 0 bridgehead atoms. The largest absolute Gasteiger partial charge is 0.368 e. The fourth-order valence-corrected chi connectivity index (χ4v) is 3.70. The minimum Gasteiger partial charge on any atom is -0.368 e. The molecule has 1 atom stereocenters. The molecule has 2 N–H and O–H groups in total. The highest BCUT2D eigenvalue weighted by Crippen LogP contribution is 2.24. The molecule has 0 saturated carbocycles. The van der Waals surface area contributed by atoms with Gasteiger partial charge in [0, 0.05) is 6.54 Å². The minimum atomic E-state index is -3.82. The maximum Gasteiger partial charge on any atom is 0.246 e. The van der Waals surface area contributed by atoms with Crippen LogP contribution in [-0.2, 0) is 14.8 Å². The topological polar surface area (TPSA) is 106 Å². The minimum absolute atomic E-state index is 0.0379. The van der Waals surface area contributed by atoms with Crippen LogP contribution >= 0.6 is 11.6 Å². The molecule has 1 aromatic heterocycles. The summed E-state index contributed by atoms with van der Waals surface area (Å²) in [5.74, 6) is -0.641. The van der Waals surface area contributed by atoms with Crippen molar-refractivity contribution in [2.75, 3.05) is 6.54 Å². The van der Waals surface area contributed by atoms with Crippen LogP contribution in [0.2, 0.25) is 5.28 Å². The molecular weight excluding hydrogens is 292 g/mol. The van der Waals surface area contributed by atoms with Crippen molar-refractivity contribution in [1.29, 1.82) is 0 Å². The molecule has 1 aliphatic rings. The molecule has 1 aromatic rings. The molecular formula is C10H13ClN4O3S. The van der Waals surface area contributed by atoms with Gasteiger partial charge >= 0.3 is 0 Å². The van der Waals surface area contributed by atoms with Gasteiger partial charge in [-0.3, -0.25) is 4.79 Å². The molecule has 1 fully saturated rings. The van der Waals surface area contributed by atoms with Gasteiger partial charge in [-0.1, -0.05) is 6.42 Å². The van der Waals surface area contributed by atoms with E-state index in [0.29, 0.717) is 12.8 Å². The van der Waals surface area contributed by atoms with Crippen molar-refractivity contribution in [3.63, 3.8) is 0 Å². The van der Waals surface area contributed by atoms with E-state index in [1.165, 1.54) is 0 Å². The third-order valence-electron chi connectivity index (χ3n) is 2.99. The molecule has 0 radical (unpaired) electrons. The fourth-order valence-electron chi connectivity index (χ4n) is 2.05. The number of hydrogen-bond donors (Lipinski definition) is 1. The highest BCUT2D eigenvalue weighted by atomic mass is 35.5. The Morgan fingerprint density at radius 3 is 2.58 bits per heavy atom. The lowest BCUT2D eigenvalue weighted by Crippen LogP contribution is -2.50. The number of hydrogen-bond acceptors (Lipinski definition) is 5. The molecule has 1 saturated heterocycles. The average molecular weight is 305 g/mol. The van der Waals surface area contributed by atoms with Gasteiger partial charge in [-0.2, -0.15) is 4.31 Å². The number of rotatable bonds is 3. The third-order valence-corrected chi connectivity index (χ3v) is 5.04. The Kier molecular flexibility index (Phi) is 4.02. The maximum atomic E-state index is 12.4. The van der Waals surface area contributed by atoms with Crippen molar-refractivity contribution in [3.05, 3.63) is 17.7 Å². The van der Waals surface area contributed by atoms with Crippen LogP contribution in [0, 0.1) is 0 Å². The molecule has 1 aliphatic heterocycles. The summed E-state index contributed by atoms with van der Waals surface area (Å²) in [5, 5.41) is -0.0379. The van der Waals surface area contributed by atoms with Crippen LogP contribution in [0.4, 0.5) is 0 Å². The van der Waals surface area contributed by atoms with Gasteiger partial charge in [0.2, 0.25) is 21.2 Å². The van der Waals surface area contributed by atoms with Crippen LogP contribution in [0.1, 0.15) is 19.3 Å². The molecule has 2 heterocycles. The van der Waals surface area contributed by atoms with Gasteiger partial charge in [0.15, 0.2) is 0 Å². The molecule has 9 heteroatoms. The van der Waals surface area contributed by atoms with Crippen molar-refractivity contribution in [3.8, 4) is 0 Å². The third kappa shape index (κ3) is 2.85. The van der Waals surface area contributed by atoms with E-state index in [-0.39, 0.29) is 16.7 Å². The second-order valence-electron chi connectivity index (χ2n) is 4.22. The van der Waals surface area contributed by atoms with Gasteiger partial charge < -0.3 is 5.73 Å². The Bertz CT molecular complexity index is 575. The van der Waals surface area contributed by atoms with Gasteiger partial charge in [-0.15, -0.1) is 0 Å². The Balaban J connectivity index is 2.37. The Labute approximate surface area is 115 Å². The number of amides is 1. The molecule has 1 amide bonds. The van der Waals surface area contributed by atoms with Crippen LogP contribution in [-0.4, -0.2) is 41.2 Å². The van der Waals surface area contributed by atoms with Gasteiger partial charge in [-0.25, -0.2) is 18.4 Å². The summed E-state index contributed by atoms with van der Waals surface area (Å²) in [6.07, 6.45) is 4.14. The molecule has 0 aromatic carbocycles. The average Bonchev–Trinajstić information content (AvgIpc) is 2.39. The number of carbonyl (C=O) groups excluding carboxylic acids is 1. The second kappa shape index (κ2) is 5.40. The quantitative estimate of drug-likeness (QED) is 0.800. The molecule has 104 valence electrons. The first-order valence-electron chi connectivity index (χ1n) is 5.71. The number of nitrogens with zero attached hydrogens (tertiary/aromatic N) is 3. The summed E-state index contributed by atoms with van der Waals surface area (Å²) in [5.41, 5.74) is 5.26. The lowest BCUT2D eigenvalue weighted by molar-refractivity contribution is -0.122. The van der Waals surface area contributed by atoms with Gasteiger partial charge in [-0.05, 0) is 24.4 Å². The number of halogens is 1. The van der Waals surface area contributed by atoms with Crippen LogP contribution < -0.4 is 5.73 Å². The molecule has 0 spiro atoms. The van der Waals surface area contributed by atoms with Crippen molar-refractivity contribution < 1.29 is 13.2 Å². The number of primary amides is 1. The lowest BCUT2D eigenvalue weighted by atomic mass is 10.0. The van der Waals surface area contributed by atoms with Crippen molar-refractivity contribution >= 4 is 27.5 Å². The first kappa shape index (κ1) is 14.2. The number of aromatic nitrogens is 2. The summed E-state index contributed by atoms with van der Waals surface area (Å²) in [4.78, 5) is 18.6. The lowest BCUT2D eigenvalue weighted by Gasteiger charge is -2.32. The van der Waals surface area contributed by atoms with E-state index in [1.54, 1.807) is 0 Å².